The molecule has 0 amide bonds. The molecule has 11 rings (SSSR count). The molecule has 7 heteroatoms. The second kappa shape index (κ2) is 17.2. The van der Waals surface area contributed by atoms with Crippen molar-refractivity contribution in [2.45, 2.75) is 34.1 Å². The largest absolute Gasteiger partial charge is 0.208 e. The Morgan fingerprint density at radius 2 is 0.591 bits per heavy atom. The van der Waals surface area contributed by atoms with Crippen LogP contribution in [0.4, 0.5) is 0 Å². The van der Waals surface area contributed by atoms with Gasteiger partial charge in [-0.15, -0.1) is 11.3 Å². The molecule has 0 bridgehead atoms. The fourth-order valence-corrected chi connectivity index (χ4v) is 9.40. The van der Waals surface area contributed by atoms with Gasteiger partial charge >= 0.3 is 0 Å². The van der Waals surface area contributed by atoms with Crippen LogP contribution in [0.2, 0.25) is 0 Å². The molecule has 0 aliphatic heterocycles. The highest BCUT2D eigenvalue weighted by atomic mass is 32.1. The van der Waals surface area contributed by atoms with E-state index in [0.717, 1.165) is 62.1 Å². The van der Waals surface area contributed by atoms with Gasteiger partial charge in [-0.2, -0.15) is 0 Å². The van der Waals surface area contributed by atoms with Crippen molar-refractivity contribution < 1.29 is 0 Å². The van der Waals surface area contributed by atoms with Crippen molar-refractivity contribution in [2.24, 2.45) is 0 Å². The second-order valence-corrected chi connectivity index (χ2v) is 18.0. The zero-order chi connectivity index (χ0) is 44.7. The Kier molecular flexibility index (Phi) is 10.6. The lowest BCUT2D eigenvalue weighted by molar-refractivity contribution is 1.07. The first-order chi connectivity index (χ1) is 32.3. The summed E-state index contributed by atoms with van der Waals surface area (Å²) in [4.78, 5) is 30.1. The molecule has 66 heavy (non-hydrogen) atoms. The molecule has 0 fully saturated rings. The number of nitrogens with zero attached hydrogens (tertiary/aromatic N) is 6. The molecule has 0 atom stereocenters. The summed E-state index contributed by atoms with van der Waals surface area (Å²) < 4.78 is 2.49. The quantitative estimate of drug-likeness (QED) is 0.144. The standard InChI is InChI=1S/C59H44N6S/c1-5-39-18-26-43(27-19-39)57-61-56(42-24-16-38(4)17-25-42)64-59(65-57)49-11-7-9-45(33-49)47-29-31-53-51(35-47)50-34-46(28-30-52(50)66-53)44-8-6-10-48(32-44)58-62-54(40-20-12-36(2)13-21-40)60-55(63-58)41-22-14-37(3)15-23-41/h6-35H,5H2,1-4H3. The fraction of sp³-hybridized carbons (Fsp3) is 0.0847. The van der Waals surface area contributed by atoms with Gasteiger partial charge < -0.3 is 0 Å². The molecule has 0 aliphatic rings. The van der Waals surface area contributed by atoms with Crippen LogP contribution in [0.1, 0.15) is 29.2 Å². The third-order valence-electron chi connectivity index (χ3n) is 12.2. The van der Waals surface area contributed by atoms with Gasteiger partial charge in [-0.05, 0) is 91.4 Å². The summed E-state index contributed by atoms with van der Waals surface area (Å²) in [5.41, 5.74) is 15.0. The van der Waals surface area contributed by atoms with Gasteiger partial charge in [0, 0.05) is 53.6 Å². The summed E-state index contributed by atoms with van der Waals surface area (Å²) in [7, 11) is 0. The number of aryl methyl sites for hydroxylation is 4. The van der Waals surface area contributed by atoms with Crippen molar-refractivity contribution >= 4 is 31.5 Å². The number of thiophene rings is 1. The lowest BCUT2D eigenvalue weighted by atomic mass is 9.98. The summed E-state index contributed by atoms with van der Waals surface area (Å²) in [6.07, 6.45) is 0.974. The number of benzene rings is 8. The van der Waals surface area contributed by atoms with Crippen molar-refractivity contribution in [2.75, 3.05) is 0 Å². The first kappa shape index (κ1) is 40.8. The number of aromatic nitrogens is 6. The molecule has 0 unspecified atom stereocenters. The lowest BCUT2D eigenvalue weighted by Gasteiger charge is -2.10. The van der Waals surface area contributed by atoms with E-state index in [1.54, 1.807) is 0 Å². The first-order valence-electron chi connectivity index (χ1n) is 22.3. The highest BCUT2D eigenvalue weighted by Gasteiger charge is 2.17. The summed E-state index contributed by atoms with van der Waals surface area (Å²) in [6, 6.07) is 64.2. The Bertz CT molecular complexity index is 3510. The number of hydrogen-bond acceptors (Lipinski definition) is 7. The molecule has 8 aromatic carbocycles. The Morgan fingerprint density at radius 3 is 0.939 bits per heavy atom. The van der Waals surface area contributed by atoms with E-state index >= 15 is 0 Å². The molecule has 0 radical (unpaired) electrons. The molecule has 316 valence electrons. The van der Waals surface area contributed by atoms with E-state index < -0.39 is 0 Å². The molecule has 0 saturated heterocycles. The number of fused-ring (bicyclic) bond motifs is 3. The van der Waals surface area contributed by atoms with Gasteiger partial charge in [-0.1, -0.05) is 169 Å². The minimum absolute atomic E-state index is 0.636. The van der Waals surface area contributed by atoms with Crippen molar-refractivity contribution in [3.8, 4) is 90.6 Å². The predicted molar refractivity (Wildman–Crippen MR) is 273 cm³/mol. The number of rotatable bonds is 9. The maximum absolute atomic E-state index is 5.06. The predicted octanol–water partition coefficient (Wildman–Crippen LogP) is 15.2. The second-order valence-electron chi connectivity index (χ2n) is 16.9. The molecule has 0 aliphatic carbocycles. The third-order valence-corrected chi connectivity index (χ3v) is 13.3. The Morgan fingerprint density at radius 1 is 0.303 bits per heavy atom. The maximum atomic E-state index is 5.06. The van der Waals surface area contributed by atoms with Gasteiger partial charge in [-0.25, -0.2) is 29.9 Å². The summed E-state index contributed by atoms with van der Waals surface area (Å²) >= 11 is 1.82. The smallest absolute Gasteiger partial charge is 0.164 e. The average molecular weight is 869 g/mol. The van der Waals surface area contributed by atoms with Crippen molar-refractivity contribution in [1.82, 2.24) is 29.9 Å². The highest BCUT2D eigenvalue weighted by molar-refractivity contribution is 7.25. The third kappa shape index (κ3) is 8.17. The van der Waals surface area contributed by atoms with Crippen molar-refractivity contribution in [1.29, 1.82) is 0 Å². The van der Waals surface area contributed by atoms with E-state index in [4.69, 9.17) is 29.9 Å². The van der Waals surface area contributed by atoms with Crippen LogP contribution in [0.25, 0.3) is 111 Å². The fourth-order valence-electron chi connectivity index (χ4n) is 8.34. The van der Waals surface area contributed by atoms with Crippen molar-refractivity contribution in [3.63, 3.8) is 0 Å². The summed E-state index contributed by atoms with van der Waals surface area (Å²) in [6.45, 7) is 8.43. The molecule has 3 aromatic heterocycles. The summed E-state index contributed by atoms with van der Waals surface area (Å²) in [5, 5.41) is 2.44. The van der Waals surface area contributed by atoms with E-state index in [-0.39, 0.29) is 0 Å². The van der Waals surface area contributed by atoms with Gasteiger partial charge in [0.25, 0.3) is 0 Å². The van der Waals surface area contributed by atoms with Crippen LogP contribution in [-0.4, -0.2) is 29.9 Å². The first-order valence-corrected chi connectivity index (χ1v) is 23.1. The van der Waals surface area contributed by atoms with Gasteiger partial charge in [0.1, 0.15) is 0 Å². The van der Waals surface area contributed by atoms with E-state index in [0.29, 0.717) is 34.9 Å². The van der Waals surface area contributed by atoms with E-state index in [1.165, 1.54) is 42.4 Å². The van der Waals surface area contributed by atoms with Gasteiger partial charge in [-0.3, -0.25) is 0 Å². The van der Waals surface area contributed by atoms with E-state index in [2.05, 4.69) is 210 Å². The minimum atomic E-state index is 0.636. The maximum Gasteiger partial charge on any atom is 0.164 e. The van der Waals surface area contributed by atoms with E-state index in [9.17, 15) is 0 Å². The van der Waals surface area contributed by atoms with Crippen LogP contribution < -0.4 is 0 Å². The van der Waals surface area contributed by atoms with Crippen LogP contribution in [-0.2, 0) is 6.42 Å². The van der Waals surface area contributed by atoms with Crippen LogP contribution in [0.5, 0.6) is 0 Å². The molecular weight excluding hydrogens is 825 g/mol. The molecule has 0 spiro atoms. The van der Waals surface area contributed by atoms with Crippen LogP contribution >= 0.6 is 11.3 Å². The van der Waals surface area contributed by atoms with Crippen molar-refractivity contribution in [3.05, 3.63) is 204 Å². The molecule has 0 N–H and O–H groups in total. The van der Waals surface area contributed by atoms with Gasteiger partial charge in [0.15, 0.2) is 34.9 Å². The van der Waals surface area contributed by atoms with Crippen LogP contribution in [0, 0.1) is 20.8 Å². The number of hydrogen-bond donors (Lipinski definition) is 0. The van der Waals surface area contributed by atoms with Crippen LogP contribution in [0.15, 0.2) is 182 Å². The zero-order valence-electron chi connectivity index (χ0n) is 37.1. The average Bonchev–Trinajstić information content (AvgIpc) is 3.74. The summed E-state index contributed by atoms with van der Waals surface area (Å²) in [5.74, 6) is 3.88. The van der Waals surface area contributed by atoms with Gasteiger partial charge in [0.2, 0.25) is 0 Å². The lowest BCUT2D eigenvalue weighted by Crippen LogP contribution is -2.00. The topological polar surface area (TPSA) is 77.3 Å². The Hall–Kier alpha value is -8.00. The molecule has 0 saturated carbocycles. The Labute approximate surface area is 388 Å². The SMILES string of the molecule is CCc1ccc(-c2nc(-c3ccc(C)cc3)nc(-c3cccc(-c4ccc5sc6ccc(-c7cccc(-c8nc(-c9ccc(C)cc9)nc(-c9ccc(C)cc9)n8)c7)cc6c5c4)c3)n2)cc1. The zero-order valence-corrected chi connectivity index (χ0v) is 37.9. The molecule has 11 aromatic rings. The minimum Gasteiger partial charge on any atom is -0.208 e. The molecule has 3 heterocycles. The molecule has 6 nitrogen and oxygen atoms in total. The Balaban J connectivity index is 0.955. The van der Waals surface area contributed by atoms with E-state index in [1.807, 2.05) is 11.3 Å². The normalized spacial score (nSPS) is 11.4. The highest BCUT2D eigenvalue weighted by Crippen LogP contribution is 2.40. The molecular formula is C59H44N6S. The monoisotopic (exact) mass is 868 g/mol. The van der Waals surface area contributed by atoms with Crippen LogP contribution in [0.3, 0.4) is 0 Å². The van der Waals surface area contributed by atoms with Gasteiger partial charge in [0.05, 0.1) is 0 Å².